The average molecular weight is 340 g/mol. The topological polar surface area (TPSA) is 113 Å². The van der Waals surface area contributed by atoms with Crippen LogP contribution in [-0.4, -0.2) is 31.2 Å². The number of sulfonamides is 1. The van der Waals surface area contributed by atoms with Crippen LogP contribution in [0.3, 0.4) is 0 Å². The molecule has 2 unspecified atom stereocenters. The number of hydrogen-bond acceptors (Lipinski definition) is 4. The Morgan fingerprint density at radius 3 is 2.30 bits per heavy atom. The molecule has 1 aliphatic rings. The first kappa shape index (κ1) is 17.3. The molecule has 1 aromatic carbocycles. The van der Waals surface area contributed by atoms with Crippen LogP contribution in [0, 0.1) is 11.8 Å². The third-order valence-corrected chi connectivity index (χ3v) is 5.01. The van der Waals surface area contributed by atoms with E-state index in [1.54, 1.807) is 24.3 Å². The van der Waals surface area contributed by atoms with E-state index in [9.17, 15) is 18.0 Å². The van der Waals surface area contributed by atoms with Crippen molar-refractivity contribution in [1.82, 2.24) is 0 Å². The highest BCUT2D eigenvalue weighted by atomic mass is 32.2. The highest BCUT2D eigenvalue weighted by Gasteiger charge is 2.48. The molecular weight excluding hydrogens is 320 g/mol. The zero-order valence-corrected chi connectivity index (χ0v) is 13.6. The van der Waals surface area contributed by atoms with Gasteiger partial charge in [-0.2, -0.15) is 0 Å². The average Bonchev–Trinajstić information content (AvgIpc) is 3.28. The number of benzene rings is 1. The molecule has 0 radical (unpaired) electrons. The summed E-state index contributed by atoms with van der Waals surface area (Å²) in [5.41, 5.74) is 0.927. The summed E-state index contributed by atoms with van der Waals surface area (Å²) in [6.07, 6.45) is 1.75. The first-order valence-electron chi connectivity index (χ1n) is 7.46. The van der Waals surface area contributed by atoms with Gasteiger partial charge in [0.25, 0.3) is 0 Å². The van der Waals surface area contributed by atoms with Crippen LogP contribution in [0.4, 0.5) is 11.4 Å². The fourth-order valence-electron chi connectivity index (χ4n) is 2.18. The Morgan fingerprint density at radius 1 is 1.17 bits per heavy atom. The molecule has 7 nitrogen and oxygen atoms in total. The van der Waals surface area contributed by atoms with Gasteiger partial charge in [0, 0.05) is 11.4 Å². The molecule has 8 heteroatoms. The van der Waals surface area contributed by atoms with Crippen molar-refractivity contribution in [1.29, 1.82) is 0 Å². The van der Waals surface area contributed by atoms with Crippen LogP contribution in [-0.2, 0) is 19.6 Å². The van der Waals surface area contributed by atoms with E-state index in [4.69, 9.17) is 5.11 Å². The fourth-order valence-corrected chi connectivity index (χ4v) is 3.45. The molecule has 1 fully saturated rings. The van der Waals surface area contributed by atoms with E-state index in [2.05, 4.69) is 10.0 Å². The third-order valence-electron chi connectivity index (χ3n) is 3.64. The lowest BCUT2D eigenvalue weighted by molar-refractivity contribution is -0.139. The van der Waals surface area contributed by atoms with E-state index < -0.39 is 27.8 Å². The van der Waals surface area contributed by atoms with Gasteiger partial charge in [-0.25, -0.2) is 8.42 Å². The normalized spacial score (nSPS) is 19.9. The Hall–Kier alpha value is -2.09. The van der Waals surface area contributed by atoms with Gasteiger partial charge < -0.3 is 10.4 Å². The van der Waals surface area contributed by atoms with Gasteiger partial charge in [-0.3, -0.25) is 14.3 Å². The molecular formula is C15H20N2O5S. The van der Waals surface area contributed by atoms with Crippen LogP contribution in [0.15, 0.2) is 24.3 Å². The van der Waals surface area contributed by atoms with Crippen molar-refractivity contribution in [3.63, 3.8) is 0 Å². The van der Waals surface area contributed by atoms with Gasteiger partial charge in [0.05, 0.1) is 17.6 Å². The minimum absolute atomic E-state index is 0.0697. The van der Waals surface area contributed by atoms with Gasteiger partial charge in [-0.1, -0.05) is 13.3 Å². The van der Waals surface area contributed by atoms with E-state index >= 15 is 0 Å². The van der Waals surface area contributed by atoms with Gasteiger partial charge in [-0.15, -0.1) is 0 Å². The molecule has 0 spiro atoms. The van der Waals surface area contributed by atoms with Crippen LogP contribution in [0.5, 0.6) is 0 Å². The Kier molecular flexibility index (Phi) is 5.25. The number of nitrogens with one attached hydrogen (secondary N) is 2. The molecule has 126 valence electrons. The SMILES string of the molecule is CCCCS(=O)(=O)Nc1ccc(NC(=O)C2CC2C(=O)O)cc1. The minimum atomic E-state index is -3.36. The predicted octanol–water partition coefficient (Wildman–Crippen LogP) is 1.89. The van der Waals surface area contributed by atoms with E-state index in [-0.39, 0.29) is 11.7 Å². The molecule has 1 aromatic rings. The summed E-state index contributed by atoms with van der Waals surface area (Å²) >= 11 is 0. The zero-order chi connectivity index (χ0) is 17.0. The van der Waals surface area contributed by atoms with Gasteiger partial charge in [0.1, 0.15) is 0 Å². The number of anilines is 2. The molecule has 0 aromatic heterocycles. The summed E-state index contributed by atoms with van der Waals surface area (Å²) in [6.45, 7) is 1.92. The maximum absolute atomic E-state index is 11.8. The molecule has 0 bridgehead atoms. The maximum atomic E-state index is 11.8. The summed E-state index contributed by atoms with van der Waals surface area (Å²) in [6, 6.07) is 6.27. The molecule has 2 atom stereocenters. The third kappa shape index (κ3) is 4.95. The minimum Gasteiger partial charge on any atom is -0.481 e. The van der Waals surface area contributed by atoms with Crippen molar-refractivity contribution in [2.24, 2.45) is 11.8 Å². The number of unbranched alkanes of at least 4 members (excludes halogenated alkanes) is 1. The second-order valence-electron chi connectivity index (χ2n) is 5.63. The number of amides is 1. The highest BCUT2D eigenvalue weighted by molar-refractivity contribution is 7.92. The van der Waals surface area contributed by atoms with Crippen molar-refractivity contribution in [2.75, 3.05) is 15.8 Å². The van der Waals surface area contributed by atoms with Crippen molar-refractivity contribution < 1.29 is 23.1 Å². The summed E-state index contributed by atoms with van der Waals surface area (Å²) in [7, 11) is -3.36. The molecule has 1 saturated carbocycles. The van der Waals surface area contributed by atoms with E-state index in [1.807, 2.05) is 6.92 Å². The summed E-state index contributed by atoms with van der Waals surface area (Å²) < 4.78 is 26.0. The highest BCUT2D eigenvalue weighted by Crippen LogP contribution is 2.39. The fraction of sp³-hybridized carbons (Fsp3) is 0.467. The summed E-state index contributed by atoms with van der Waals surface area (Å²) in [4.78, 5) is 22.6. The molecule has 1 amide bonds. The van der Waals surface area contributed by atoms with Crippen LogP contribution in [0.2, 0.25) is 0 Å². The largest absolute Gasteiger partial charge is 0.481 e. The summed E-state index contributed by atoms with van der Waals surface area (Å²) in [5, 5.41) is 11.4. The number of carbonyl (C=O) groups excluding carboxylic acids is 1. The molecule has 3 N–H and O–H groups in total. The lowest BCUT2D eigenvalue weighted by Crippen LogP contribution is -2.17. The van der Waals surface area contributed by atoms with Crippen molar-refractivity contribution >= 4 is 33.3 Å². The lowest BCUT2D eigenvalue weighted by Gasteiger charge is -2.09. The standard InChI is InChI=1S/C15H20N2O5S/c1-2-3-8-23(21,22)17-11-6-4-10(5-7-11)16-14(18)12-9-13(12)15(19)20/h4-7,12-13,17H,2-3,8-9H2,1H3,(H,16,18)(H,19,20). The summed E-state index contributed by atoms with van der Waals surface area (Å²) in [5.74, 6) is -2.30. The van der Waals surface area contributed by atoms with Gasteiger partial charge in [0.2, 0.25) is 15.9 Å². The van der Waals surface area contributed by atoms with Gasteiger partial charge in [0.15, 0.2) is 0 Å². The number of carbonyl (C=O) groups is 2. The monoisotopic (exact) mass is 340 g/mol. The van der Waals surface area contributed by atoms with Gasteiger partial charge in [-0.05, 0) is 37.1 Å². The van der Waals surface area contributed by atoms with E-state index in [0.717, 1.165) is 6.42 Å². The quantitative estimate of drug-likeness (QED) is 0.669. The maximum Gasteiger partial charge on any atom is 0.307 e. The number of carboxylic acids is 1. The second kappa shape index (κ2) is 6.99. The first-order valence-corrected chi connectivity index (χ1v) is 9.12. The molecule has 0 heterocycles. The smallest absolute Gasteiger partial charge is 0.307 e. The zero-order valence-electron chi connectivity index (χ0n) is 12.8. The number of rotatable bonds is 8. The van der Waals surface area contributed by atoms with Crippen LogP contribution >= 0.6 is 0 Å². The van der Waals surface area contributed by atoms with Crippen LogP contribution in [0.25, 0.3) is 0 Å². The molecule has 1 aliphatic carbocycles. The van der Waals surface area contributed by atoms with E-state index in [0.29, 0.717) is 24.2 Å². The Morgan fingerprint density at radius 2 is 1.78 bits per heavy atom. The lowest BCUT2D eigenvalue weighted by atomic mass is 10.2. The predicted molar refractivity (Wildman–Crippen MR) is 86.6 cm³/mol. The number of hydrogen-bond donors (Lipinski definition) is 3. The Balaban J connectivity index is 1.90. The number of aliphatic carboxylic acids is 1. The Labute approximate surface area is 135 Å². The van der Waals surface area contributed by atoms with Gasteiger partial charge >= 0.3 is 5.97 Å². The molecule has 0 aliphatic heterocycles. The second-order valence-corrected chi connectivity index (χ2v) is 7.47. The molecule has 23 heavy (non-hydrogen) atoms. The van der Waals surface area contributed by atoms with Crippen LogP contribution < -0.4 is 10.0 Å². The van der Waals surface area contributed by atoms with Crippen molar-refractivity contribution in [3.8, 4) is 0 Å². The van der Waals surface area contributed by atoms with E-state index in [1.165, 1.54) is 0 Å². The number of carboxylic acid groups (broad SMARTS) is 1. The first-order chi connectivity index (χ1) is 10.8. The van der Waals surface area contributed by atoms with Crippen LogP contribution in [0.1, 0.15) is 26.2 Å². The molecule has 2 rings (SSSR count). The van der Waals surface area contributed by atoms with Crippen molar-refractivity contribution in [2.45, 2.75) is 26.2 Å². The molecule has 0 saturated heterocycles. The Bertz CT molecular complexity index is 684. The van der Waals surface area contributed by atoms with Crippen molar-refractivity contribution in [3.05, 3.63) is 24.3 Å².